The van der Waals surface area contributed by atoms with Crippen molar-refractivity contribution in [1.82, 2.24) is 5.32 Å². The number of hydrogen-bond acceptors (Lipinski definition) is 4. The Bertz CT molecular complexity index is 881. The lowest BCUT2D eigenvalue weighted by molar-refractivity contribution is -0.121. The highest BCUT2D eigenvalue weighted by Crippen LogP contribution is 2.29. The van der Waals surface area contributed by atoms with Gasteiger partial charge in [0.05, 0.1) is 18.6 Å². The number of ether oxygens (including phenoxy) is 1. The molecular weight excluding hydrogens is 364 g/mol. The van der Waals surface area contributed by atoms with E-state index in [9.17, 15) is 13.2 Å². The molecule has 0 aromatic heterocycles. The number of nitrogens with zero attached hydrogens (tertiary/aromatic N) is 1. The number of carbonyl (C=O) groups excluding carboxylic acids is 1. The van der Waals surface area contributed by atoms with Gasteiger partial charge in [-0.3, -0.25) is 9.10 Å². The Kier molecular flexibility index (Phi) is 7.24. The smallest absolute Gasteiger partial charge is 0.232 e. The summed E-state index contributed by atoms with van der Waals surface area (Å²) in [6.45, 7) is 4.70. The average molecular weight is 391 g/mol. The van der Waals surface area contributed by atoms with Crippen LogP contribution in [0.25, 0.3) is 0 Å². The molecule has 0 unspecified atom stereocenters. The van der Waals surface area contributed by atoms with E-state index in [-0.39, 0.29) is 18.9 Å². The summed E-state index contributed by atoms with van der Waals surface area (Å²) in [6, 6.07) is 14.7. The molecule has 2 rings (SSSR count). The maximum Gasteiger partial charge on any atom is 0.232 e. The number of nitrogens with one attached hydrogen (secondary N) is 1. The molecule has 0 atom stereocenters. The van der Waals surface area contributed by atoms with Gasteiger partial charge in [-0.1, -0.05) is 36.4 Å². The second kappa shape index (κ2) is 9.41. The van der Waals surface area contributed by atoms with Crippen molar-refractivity contribution in [2.75, 3.05) is 23.7 Å². The minimum absolute atomic E-state index is 0.0442. The van der Waals surface area contributed by atoms with Crippen LogP contribution in [0.5, 0.6) is 5.75 Å². The number of hydrogen-bond donors (Lipinski definition) is 1. The first-order chi connectivity index (χ1) is 12.8. The zero-order valence-corrected chi connectivity index (χ0v) is 16.8. The lowest BCUT2D eigenvalue weighted by Gasteiger charge is -2.24. The molecule has 0 aliphatic rings. The van der Waals surface area contributed by atoms with E-state index in [4.69, 9.17) is 4.74 Å². The van der Waals surface area contributed by atoms with Gasteiger partial charge in [0.1, 0.15) is 5.75 Å². The highest BCUT2D eigenvalue weighted by Gasteiger charge is 2.21. The van der Waals surface area contributed by atoms with E-state index in [1.807, 2.05) is 38.1 Å². The third-order valence-corrected chi connectivity index (χ3v) is 5.29. The predicted octanol–water partition coefficient (Wildman–Crippen LogP) is 2.87. The molecule has 146 valence electrons. The summed E-state index contributed by atoms with van der Waals surface area (Å²) in [7, 11) is -3.55. The van der Waals surface area contributed by atoms with E-state index < -0.39 is 10.0 Å². The standard InChI is InChI=1S/C20H26N2O4S/c1-4-26-19-12-8-7-11-18(19)22(27(3,24)25)14-13-20(23)21-15-17-10-6-5-9-16(17)2/h5-12H,4,13-15H2,1-3H3,(H,21,23). The van der Waals surface area contributed by atoms with Gasteiger partial charge in [-0.25, -0.2) is 8.42 Å². The fourth-order valence-electron chi connectivity index (χ4n) is 2.70. The maximum absolute atomic E-state index is 12.3. The van der Waals surface area contributed by atoms with Crippen LogP contribution in [0.15, 0.2) is 48.5 Å². The van der Waals surface area contributed by atoms with Crippen LogP contribution in [0.1, 0.15) is 24.5 Å². The number of anilines is 1. The summed E-state index contributed by atoms with van der Waals surface area (Å²) < 4.78 is 31.3. The van der Waals surface area contributed by atoms with Crippen molar-refractivity contribution in [2.24, 2.45) is 0 Å². The molecule has 2 aromatic carbocycles. The summed E-state index contributed by atoms with van der Waals surface area (Å²) in [6.07, 6.45) is 1.18. The van der Waals surface area contributed by atoms with Gasteiger partial charge in [-0.15, -0.1) is 0 Å². The van der Waals surface area contributed by atoms with Crippen LogP contribution in [0, 0.1) is 6.92 Å². The number of amides is 1. The summed E-state index contributed by atoms with van der Waals surface area (Å²) >= 11 is 0. The molecule has 27 heavy (non-hydrogen) atoms. The van der Waals surface area contributed by atoms with Gasteiger partial charge in [0.2, 0.25) is 15.9 Å². The number of benzene rings is 2. The van der Waals surface area contributed by atoms with Gasteiger partial charge in [-0.2, -0.15) is 0 Å². The number of aryl methyl sites for hydroxylation is 1. The molecule has 0 saturated heterocycles. The minimum atomic E-state index is -3.55. The molecule has 1 amide bonds. The SMILES string of the molecule is CCOc1ccccc1N(CCC(=O)NCc1ccccc1C)S(C)(=O)=O. The molecule has 0 saturated carbocycles. The Morgan fingerprint density at radius 3 is 2.44 bits per heavy atom. The van der Waals surface area contributed by atoms with E-state index in [0.717, 1.165) is 17.4 Å². The van der Waals surface area contributed by atoms with E-state index in [2.05, 4.69) is 5.32 Å². The maximum atomic E-state index is 12.3. The van der Waals surface area contributed by atoms with Crippen molar-refractivity contribution >= 4 is 21.6 Å². The minimum Gasteiger partial charge on any atom is -0.492 e. The highest BCUT2D eigenvalue weighted by molar-refractivity contribution is 7.92. The van der Waals surface area contributed by atoms with Crippen LogP contribution in [-0.2, 0) is 21.4 Å². The normalized spacial score (nSPS) is 11.1. The number of sulfonamides is 1. The Labute approximate surface area is 161 Å². The Morgan fingerprint density at radius 2 is 1.78 bits per heavy atom. The largest absolute Gasteiger partial charge is 0.492 e. The molecule has 0 aliphatic heterocycles. The van der Waals surface area contributed by atoms with Crippen molar-refractivity contribution in [2.45, 2.75) is 26.8 Å². The summed E-state index contributed by atoms with van der Waals surface area (Å²) in [5, 5.41) is 2.85. The summed E-state index contributed by atoms with van der Waals surface area (Å²) in [5.41, 5.74) is 2.57. The topological polar surface area (TPSA) is 75.7 Å². The van der Waals surface area contributed by atoms with Crippen molar-refractivity contribution in [3.8, 4) is 5.75 Å². The number of carbonyl (C=O) groups is 1. The molecule has 0 bridgehead atoms. The Balaban J connectivity index is 2.05. The lowest BCUT2D eigenvalue weighted by Crippen LogP contribution is -2.34. The van der Waals surface area contributed by atoms with Crippen LogP contribution < -0.4 is 14.4 Å². The Hall–Kier alpha value is -2.54. The van der Waals surface area contributed by atoms with E-state index in [0.29, 0.717) is 24.6 Å². The van der Waals surface area contributed by atoms with Crippen molar-refractivity contribution in [3.05, 3.63) is 59.7 Å². The summed E-state index contributed by atoms with van der Waals surface area (Å²) in [4.78, 5) is 12.2. The Morgan fingerprint density at radius 1 is 1.11 bits per heavy atom. The average Bonchev–Trinajstić information content (AvgIpc) is 2.61. The van der Waals surface area contributed by atoms with E-state index >= 15 is 0 Å². The second-order valence-corrected chi connectivity index (χ2v) is 8.10. The quantitative estimate of drug-likeness (QED) is 0.714. The fraction of sp³-hybridized carbons (Fsp3) is 0.350. The van der Waals surface area contributed by atoms with Crippen molar-refractivity contribution < 1.29 is 17.9 Å². The number of rotatable bonds is 9. The molecule has 7 heteroatoms. The number of para-hydroxylation sites is 2. The lowest BCUT2D eigenvalue weighted by atomic mass is 10.1. The molecule has 0 aliphatic carbocycles. The third kappa shape index (κ3) is 5.99. The fourth-order valence-corrected chi connectivity index (χ4v) is 3.63. The first kappa shape index (κ1) is 20.8. The van der Waals surface area contributed by atoms with Crippen LogP contribution in [-0.4, -0.2) is 33.7 Å². The second-order valence-electron chi connectivity index (χ2n) is 6.19. The van der Waals surface area contributed by atoms with Crippen LogP contribution >= 0.6 is 0 Å². The molecule has 0 heterocycles. The van der Waals surface area contributed by atoms with Crippen molar-refractivity contribution in [3.63, 3.8) is 0 Å². The van der Waals surface area contributed by atoms with Gasteiger partial charge in [-0.05, 0) is 37.1 Å². The third-order valence-electron chi connectivity index (χ3n) is 4.11. The van der Waals surface area contributed by atoms with Gasteiger partial charge in [0.25, 0.3) is 0 Å². The highest BCUT2D eigenvalue weighted by atomic mass is 32.2. The molecule has 2 aromatic rings. The zero-order chi connectivity index (χ0) is 19.9. The van der Waals surface area contributed by atoms with E-state index in [1.54, 1.807) is 24.3 Å². The van der Waals surface area contributed by atoms with Gasteiger partial charge in [0, 0.05) is 19.5 Å². The van der Waals surface area contributed by atoms with Crippen LogP contribution in [0.3, 0.4) is 0 Å². The molecule has 0 fully saturated rings. The van der Waals surface area contributed by atoms with E-state index in [1.165, 1.54) is 4.31 Å². The monoisotopic (exact) mass is 390 g/mol. The molecule has 0 spiro atoms. The predicted molar refractivity (Wildman–Crippen MR) is 107 cm³/mol. The van der Waals surface area contributed by atoms with Gasteiger partial charge >= 0.3 is 0 Å². The first-order valence-electron chi connectivity index (χ1n) is 8.83. The zero-order valence-electron chi connectivity index (χ0n) is 15.9. The van der Waals surface area contributed by atoms with Gasteiger partial charge in [0.15, 0.2) is 0 Å². The molecule has 6 nitrogen and oxygen atoms in total. The van der Waals surface area contributed by atoms with Crippen molar-refractivity contribution in [1.29, 1.82) is 0 Å². The van der Waals surface area contributed by atoms with Gasteiger partial charge < -0.3 is 10.1 Å². The van der Waals surface area contributed by atoms with Crippen LogP contribution in [0.4, 0.5) is 5.69 Å². The molecule has 0 radical (unpaired) electrons. The summed E-state index contributed by atoms with van der Waals surface area (Å²) in [5.74, 6) is 0.270. The molecular formula is C20H26N2O4S. The van der Waals surface area contributed by atoms with Crippen LogP contribution in [0.2, 0.25) is 0 Å². The molecule has 1 N–H and O–H groups in total. The first-order valence-corrected chi connectivity index (χ1v) is 10.7.